The highest BCUT2D eigenvalue weighted by atomic mass is 32.2. The molecular weight excluding hydrogens is 378 g/mol. The Labute approximate surface area is 169 Å². The molecule has 1 aliphatic heterocycles. The summed E-state index contributed by atoms with van der Waals surface area (Å²) < 4.78 is 32.4. The van der Waals surface area contributed by atoms with Gasteiger partial charge in [-0.2, -0.15) is 4.31 Å². The summed E-state index contributed by atoms with van der Waals surface area (Å²) >= 11 is 0. The van der Waals surface area contributed by atoms with Crippen LogP contribution in [0.2, 0.25) is 0 Å². The Morgan fingerprint density at radius 1 is 1.18 bits per heavy atom. The van der Waals surface area contributed by atoms with E-state index in [0.29, 0.717) is 30.8 Å². The maximum Gasteiger partial charge on any atom is 0.251 e. The first-order valence-electron chi connectivity index (χ1n) is 10.1. The molecule has 8 heteroatoms. The first kappa shape index (κ1) is 22.8. The van der Waals surface area contributed by atoms with Gasteiger partial charge in [-0.3, -0.25) is 9.69 Å². The quantitative estimate of drug-likeness (QED) is 0.595. The maximum atomic E-state index is 12.8. The predicted octanol–water partition coefficient (Wildman–Crippen LogP) is 1.87. The normalized spacial score (nSPS) is 15.7. The van der Waals surface area contributed by atoms with Crippen LogP contribution < -0.4 is 5.32 Å². The molecule has 0 bridgehead atoms. The van der Waals surface area contributed by atoms with E-state index in [2.05, 4.69) is 10.2 Å². The molecule has 2 rings (SSSR count). The average molecular weight is 412 g/mol. The van der Waals surface area contributed by atoms with Gasteiger partial charge in [0.05, 0.1) is 18.1 Å². The van der Waals surface area contributed by atoms with Crippen molar-refractivity contribution in [2.24, 2.45) is 0 Å². The maximum absolute atomic E-state index is 12.8. The number of sulfonamides is 1. The highest BCUT2D eigenvalue weighted by Crippen LogP contribution is 2.21. The molecule has 1 N–H and O–H groups in total. The molecule has 1 heterocycles. The van der Waals surface area contributed by atoms with Crippen LogP contribution in [0.15, 0.2) is 23.1 Å². The standard InChI is InChI=1S/C20H33N3O4S/c1-4-23(5-2)28(25,26)19-16-18(9-8-17(19)3)20(24)21-10-6-7-11-22-12-14-27-15-13-22/h8-9,16H,4-7,10-15H2,1-3H3,(H,21,24). The zero-order chi connectivity index (χ0) is 20.6. The van der Waals surface area contributed by atoms with E-state index in [0.717, 1.165) is 45.7 Å². The number of amides is 1. The molecule has 7 nitrogen and oxygen atoms in total. The SMILES string of the molecule is CCN(CC)S(=O)(=O)c1cc(C(=O)NCCCCN2CCOCC2)ccc1C. The highest BCUT2D eigenvalue weighted by molar-refractivity contribution is 7.89. The fourth-order valence-electron chi connectivity index (χ4n) is 3.31. The summed E-state index contributed by atoms with van der Waals surface area (Å²) in [6.07, 6.45) is 1.90. The number of carbonyl (C=O) groups is 1. The fourth-order valence-corrected chi connectivity index (χ4v) is 5.02. The molecule has 1 saturated heterocycles. The zero-order valence-electron chi connectivity index (χ0n) is 17.2. The number of aryl methyl sites for hydroxylation is 1. The summed E-state index contributed by atoms with van der Waals surface area (Å²) in [6.45, 7) is 11.3. The molecule has 158 valence electrons. The van der Waals surface area contributed by atoms with Gasteiger partial charge in [-0.1, -0.05) is 19.9 Å². The summed E-state index contributed by atoms with van der Waals surface area (Å²) in [5.41, 5.74) is 1.03. The smallest absolute Gasteiger partial charge is 0.251 e. The fraction of sp³-hybridized carbons (Fsp3) is 0.650. The molecular formula is C20H33N3O4S. The van der Waals surface area contributed by atoms with Crippen molar-refractivity contribution in [1.82, 2.24) is 14.5 Å². The van der Waals surface area contributed by atoms with Crippen molar-refractivity contribution < 1.29 is 17.9 Å². The van der Waals surface area contributed by atoms with Crippen molar-refractivity contribution in [3.8, 4) is 0 Å². The summed E-state index contributed by atoms with van der Waals surface area (Å²) in [5, 5.41) is 2.90. The first-order chi connectivity index (χ1) is 13.4. The minimum absolute atomic E-state index is 0.205. The van der Waals surface area contributed by atoms with Gasteiger partial charge in [0.1, 0.15) is 0 Å². The second-order valence-corrected chi connectivity index (χ2v) is 8.89. The number of rotatable bonds is 10. The topological polar surface area (TPSA) is 79.0 Å². The summed E-state index contributed by atoms with van der Waals surface area (Å²) in [4.78, 5) is 15.0. The number of benzene rings is 1. The molecule has 1 amide bonds. The van der Waals surface area contributed by atoms with Crippen LogP contribution in [0.25, 0.3) is 0 Å². The number of hydrogen-bond acceptors (Lipinski definition) is 5. The van der Waals surface area contributed by atoms with Gasteiger partial charge in [0.25, 0.3) is 5.91 Å². The average Bonchev–Trinajstić information content (AvgIpc) is 2.69. The van der Waals surface area contributed by atoms with Gasteiger partial charge < -0.3 is 10.1 Å². The number of nitrogens with one attached hydrogen (secondary N) is 1. The Hall–Kier alpha value is -1.48. The molecule has 0 unspecified atom stereocenters. The Balaban J connectivity index is 1.91. The van der Waals surface area contributed by atoms with Crippen molar-refractivity contribution in [2.75, 3.05) is 52.5 Å². The van der Waals surface area contributed by atoms with Crippen molar-refractivity contribution in [3.63, 3.8) is 0 Å². The molecule has 1 aromatic rings. The van der Waals surface area contributed by atoms with Crippen molar-refractivity contribution in [1.29, 1.82) is 0 Å². The number of carbonyl (C=O) groups excluding carboxylic acids is 1. The highest BCUT2D eigenvalue weighted by Gasteiger charge is 2.24. The van der Waals surface area contributed by atoms with Gasteiger partial charge in [-0.15, -0.1) is 0 Å². The lowest BCUT2D eigenvalue weighted by molar-refractivity contribution is 0.0372. The molecule has 0 atom stereocenters. The predicted molar refractivity (Wildman–Crippen MR) is 110 cm³/mol. The van der Waals surface area contributed by atoms with E-state index >= 15 is 0 Å². The lowest BCUT2D eigenvalue weighted by Gasteiger charge is -2.26. The molecule has 0 radical (unpaired) electrons. The summed E-state index contributed by atoms with van der Waals surface area (Å²) in [7, 11) is -3.59. The Morgan fingerprint density at radius 2 is 1.86 bits per heavy atom. The third-order valence-electron chi connectivity index (χ3n) is 5.06. The second-order valence-electron chi connectivity index (χ2n) is 6.99. The summed E-state index contributed by atoms with van der Waals surface area (Å²) in [5.74, 6) is -0.234. The molecule has 0 aliphatic carbocycles. The van der Waals surface area contributed by atoms with E-state index < -0.39 is 10.0 Å². The van der Waals surface area contributed by atoms with E-state index in [1.54, 1.807) is 19.1 Å². The number of morpholine rings is 1. The van der Waals surface area contributed by atoms with Crippen LogP contribution in [0.5, 0.6) is 0 Å². The van der Waals surface area contributed by atoms with E-state index in [9.17, 15) is 13.2 Å². The minimum atomic E-state index is -3.59. The summed E-state index contributed by atoms with van der Waals surface area (Å²) in [6, 6.07) is 4.87. The molecule has 1 aromatic carbocycles. The molecule has 0 saturated carbocycles. The number of hydrogen-bond donors (Lipinski definition) is 1. The van der Waals surface area contributed by atoms with Crippen LogP contribution in [0.4, 0.5) is 0 Å². The first-order valence-corrected chi connectivity index (χ1v) is 11.5. The van der Waals surface area contributed by atoms with E-state index in [4.69, 9.17) is 4.74 Å². The van der Waals surface area contributed by atoms with E-state index in [-0.39, 0.29) is 10.8 Å². The molecule has 1 fully saturated rings. The second kappa shape index (κ2) is 10.9. The third-order valence-corrected chi connectivity index (χ3v) is 7.26. The largest absolute Gasteiger partial charge is 0.379 e. The minimum Gasteiger partial charge on any atom is -0.379 e. The van der Waals surface area contributed by atoms with Crippen molar-refractivity contribution in [2.45, 2.75) is 38.5 Å². The number of nitrogens with zero attached hydrogens (tertiary/aromatic N) is 2. The van der Waals surface area contributed by atoms with E-state index in [1.807, 2.05) is 13.8 Å². The zero-order valence-corrected chi connectivity index (χ0v) is 18.1. The Kier molecular flexibility index (Phi) is 8.88. The van der Waals surface area contributed by atoms with Gasteiger partial charge >= 0.3 is 0 Å². The van der Waals surface area contributed by atoms with Crippen LogP contribution in [0.1, 0.15) is 42.6 Å². The van der Waals surface area contributed by atoms with Crippen LogP contribution in [0.3, 0.4) is 0 Å². The Morgan fingerprint density at radius 3 is 2.50 bits per heavy atom. The number of unbranched alkanes of at least 4 members (excludes halogenated alkanes) is 1. The molecule has 0 aromatic heterocycles. The van der Waals surface area contributed by atoms with Gasteiger partial charge in [0.15, 0.2) is 0 Å². The van der Waals surface area contributed by atoms with Gasteiger partial charge in [-0.05, 0) is 44.0 Å². The lowest BCUT2D eigenvalue weighted by Crippen LogP contribution is -2.37. The van der Waals surface area contributed by atoms with Gasteiger partial charge in [0.2, 0.25) is 10.0 Å². The van der Waals surface area contributed by atoms with Crippen molar-refractivity contribution in [3.05, 3.63) is 29.3 Å². The number of ether oxygens (including phenoxy) is 1. The lowest BCUT2D eigenvalue weighted by atomic mass is 10.1. The van der Waals surface area contributed by atoms with Gasteiger partial charge in [0, 0.05) is 38.3 Å². The molecule has 0 spiro atoms. The van der Waals surface area contributed by atoms with E-state index in [1.165, 1.54) is 10.4 Å². The van der Waals surface area contributed by atoms with Crippen LogP contribution in [-0.2, 0) is 14.8 Å². The Bertz CT molecular complexity index is 742. The third kappa shape index (κ3) is 6.01. The molecule has 28 heavy (non-hydrogen) atoms. The van der Waals surface area contributed by atoms with Crippen LogP contribution in [0, 0.1) is 6.92 Å². The van der Waals surface area contributed by atoms with Crippen LogP contribution >= 0.6 is 0 Å². The monoisotopic (exact) mass is 411 g/mol. The van der Waals surface area contributed by atoms with Crippen molar-refractivity contribution >= 4 is 15.9 Å². The molecule has 1 aliphatic rings. The van der Waals surface area contributed by atoms with Gasteiger partial charge in [-0.25, -0.2) is 8.42 Å². The van der Waals surface area contributed by atoms with Crippen LogP contribution in [-0.4, -0.2) is 76.0 Å².